The van der Waals surface area contributed by atoms with Crippen LogP contribution in [-0.4, -0.2) is 18.2 Å². The molecule has 5 heteroatoms. The number of rotatable bonds is 5. The van der Waals surface area contributed by atoms with Gasteiger partial charge in [0.05, 0.1) is 12.8 Å². The van der Waals surface area contributed by atoms with Crippen molar-refractivity contribution in [3.63, 3.8) is 0 Å². The third kappa shape index (κ3) is 3.42. The second-order valence-electron chi connectivity index (χ2n) is 5.20. The molecule has 21 heavy (non-hydrogen) atoms. The average molecular weight is 288 g/mol. The van der Waals surface area contributed by atoms with Gasteiger partial charge in [-0.3, -0.25) is 4.79 Å². The minimum absolute atomic E-state index is 0.115. The Labute approximate surface area is 124 Å². The summed E-state index contributed by atoms with van der Waals surface area (Å²) in [6.07, 6.45) is 0. The van der Waals surface area contributed by atoms with E-state index in [0.717, 1.165) is 11.3 Å². The molecule has 0 aliphatic carbocycles. The molecule has 1 aromatic carbocycles. The van der Waals surface area contributed by atoms with Crippen molar-refractivity contribution in [1.29, 1.82) is 0 Å². The number of nitrogens with one attached hydrogen (secondary N) is 1. The van der Waals surface area contributed by atoms with E-state index in [-0.39, 0.29) is 11.8 Å². The van der Waals surface area contributed by atoms with Gasteiger partial charge in [0.15, 0.2) is 5.76 Å². The fraction of sp³-hybridized carbons (Fsp3) is 0.375. The van der Waals surface area contributed by atoms with E-state index in [1.807, 2.05) is 38.1 Å². The van der Waals surface area contributed by atoms with Crippen molar-refractivity contribution in [1.82, 2.24) is 10.5 Å². The Kier molecular flexibility index (Phi) is 4.62. The summed E-state index contributed by atoms with van der Waals surface area (Å²) in [6, 6.07) is 7.59. The summed E-state index contributed by atoms with van der Waals surface area (Å²) >= 11 is 0. The first-order valence-electron chi connectivity index (χ1n) is 6.90. The first kappa shape index (κ1) is 15.1. The Bertz CT molecular complexity index is 632. The Morgan fingerprint density at radius 3 is 2.86 bits per heavy atom. The number of carbonyl (C=O) groups excluding carboxylic acids is 1. The maximum absolute atomic E-state index is 12.3. The summed E-state index contributed by atoms with van der Waals surface area (Å²) in [7, 11) is 1.62. The van der Waals surface area contributed by atoms with Crippen molar-refractivity contribution in [3.05, 3.63) is 46.8 Å². The topological polar surface area (TPSA) is 64.4 Å². The molecule has 0 unspecified atom stereocenters. The van der Waals surface area contributed by atoms with Gasteiger partial charge in [0.1, 0.15) is 11.3 Å². The lowest BCUT2D eigenvalue weighted by molar-refractivity contribution is 0.0948. The van der Waals surface area contributed by atoms with Crippen molar-refractivity contribution >= 4 is 5.91 Å². The van der Waals surface area contributed by atoms with Crippen molar-refractivity contribution in [2.24, 2.45) is 0 Å². The molecule has 0 radical (unpaired) electrons. The number of aromatic nitrogens is 1. The zero-order valence-corrected chi connectivity index (χ0v) is 12.8. The van der Waals surface area contributed by atoms with Crippen LogP contribution in [0.15, 0.2) is 28.8 Å². The van der Waals surface area contributed by atoms with Gasteiger partial charge in [-0.05, 0) is 24.6 Å². The Morgan fingerprint density at radius 1 is 1.43 bits per heavy atom. The average Bonchev–Trinajstić information content (AvgIpc) is 2.87. The Hall–Kier alpha value is -2.30. The van der Waals surface area contributed by atoms with Gasteiger partial charge in [-0.25, -0.2) is 0 Å². The maximum Gasteiger partial charge on any atom is 0.257 e. The van der Waals surface area contributed by atoms with Crippen molar-refractivity contribution in [3.8, 4) is 5.75 Å². The lowest BCUT2D eigenvalue weighted by atomic mass is 10.0. The molecule has 1 N–H and O–H groups in total. The predicted molar refractivity (Wildman–Crippen MR) is 79.5 cm³/mol. The number of carbonyl (C=O) groups is 1. The molecule has 0 aliphatic rings. The van der Waals surface area contributed by atoms with Crippen LogP contribution in [0.3, 0.4) is 0 Å². The van der Waals surface area contributed by atoms with Gasteiger partial charge < -0.3 is 14.6 Å². The highest BCUT2D eigenvalue weighted by atomic mass is 16.5. The smallest absolute Gasteiger partial charge is 0.257 e. The molecule has 0 saturated heterocycles. The Morgan fingerprint density at radius 2 is 2.19 bits per heavy atom. The predicted octanol–water partition coefficient (Wildman–Crippen LogP) is 3.05. The molecule has 1 aromatic heterocycles. The molecule has 2 aromatic rings. The van der Waals surface area contributed by atoms with Crippen molar-refractivity contribution in [2.45, 2.75) is 33.2 Å². The van der Waals surface area contributed by atoms with E-state index in [2.05, 4.69) is 10.5 Å². The highest BCUT2D eigenvalue weighted by Gasteiger charge is 2.22. The quantitative estimate of drug-likeness (QED) is 0.918. The molecule has 0 saturated carbocycles. The second kappa shape index (κ2) is 6.43. The molecule has 1 amide bonds. The number of amides is 1. The number of nitrogens with zero attached hydrogens (tertiary/aromatic N) is 1. The normalized spacial score (nSPS) is 10.7. The monoisotopic (exact) mass is 288 g/mol. The van der Waals surface area contributed by atoms with E-state index < -0.39 is 0 Å². The second-order valence-corrected chi connectivity index (χ2v) is 5.20. The van der Waals surface area contributed by atoms with Crippen LogP contribution in [0.1, 0.15) is 47.1 Å². The number of ether oxygens (including phenoxy) is 1. The highest BCUT2D eigenvalue weighted by molar-refractivity contribution is 5.96. The maximum atomic E-state index is 12.3. The van der Waals surface area contributed by atoms with Crippen LogP contribution in [0.2, 0.25) is 0 Å². The van der Waals surface area contributed by atoms with Crippen molar-refractivity contribution in [2.75, 3.05) is 7.11 Å². The van der Waals surface area contributed by atoms with Gasteiger partial charge in [-0.2, -0.15) is 0 Å². The standard InChI is InChI=1S/C16H20N2O3/c1-10(2)15-14(11(3)18-21-15)16(19)17-9-12-6-5-7-13(8-12)20-4/h5-8,10H,9H2,1-4H3,(H,17,19). The molecule has 5 nitrogen and oxygen atoms in total. The molecule has 0 aliphatic heterocycles. The summed E-state index contributed by atoms with van der Waals surface area (Å²) in [5.74, 6) is 1.34. The van der Waals surface area contributed by atoms with E-state index >= 15 is 0 Å². The minimum Gasteiger partial charge on any atom is -0.497 e. The zero-order valence-electron chi connectivity index (χ0n) is 12.8. The third-order valence-electron chi connectivity index (χ3n) is 3.23. The number of methoxy groups -OCH3 is 1. The van der Waals surface area contributed by atoms with Crippen LogP contribution in [0.5, 0.6) is 5.75 Å². The minimum atomic E-state index is -0.166. The lowest BCUT2D eigenvalue weighted by Gasteiger charge is -2.08. The number of hydrogen-bond acceptors (Lipinski definition) is 4. The summed E-state index contributed by atoms with van der Waals surface area (Å²) in [6.45, 7) is 6.14. The first-order chi connectivity index (χ1) is 10.0. The zero-order chi connectivity index (χ0) is 15.4. The lowest BCUT2D eigenvalue weighted by Crippen LogP contribution is -2.24. The number of hydrogen-bond donors (Lipinski definition) is 1. The highest BCUT2D eigenvalue weighted by Crippen LogP contribution is 2.22. The molecule has 0 spiro atoms. The fourth-order valence-electron chi connectivity index (χ4n) is 2.11. The SMILES string of the molecule is COc1cccc(CNC(=O)c2c(C)noc2C(C)C)c1. The first-order valence-corrected chi connectivity index (χ1v) is 6.90. The molecular formula is C16H20N2O3. The molecule has 0 fully saturated rings. The van der Waals surface area contributed by atoms with Gasteiger partial charge in [0, 0.05) is 12.5 Å². The van der Waals surface area contributed by atoms with Gasteiger partial charge in [0.2, 0.25) is 0 Å². The van der Waals surface area contributed by atoms with Crippen LogP contribution < -0.4 is 10.1 Å². The fourth-order valence-corrected chi connectivity index (χ4v) is 2.11. The van der Waals surface area contributed by atoms with Crippen LogP contribution in [0.25, 0.3) is 0 Å². The van der Waals surface area contributed by atoms with E-state index in [4.69, 9.17) is 9.26 Å². The molecule has 1 heterocycles. The largest absolute Gasteiger partial charge is 0.497 e. The summed E-state index contributed by atoms with van der Waals surface area (Å²) in [5.41, 5.74) is 2.12. The molecular weight excluding hydrogens is 268 g/mol. The van der Waals surface area contributed by atoms with E-state index in [1.54, 1.807) is 14.0 Å². The number of benzene rings is 1. The van der Waals surface area contributed by atoms with E-state index in [9.17, 15) is 4.79 Å². The van der Waals surface area contributed by atoms with Crippen LogP contribution in [0.4, 0.5) is 0 Å². The van der Waals surface area contributed by atoms with Gasteiger partial charge in [0.25, 0.3) is 5.91 Å². The van der Waals surface area contributed by atoms with Crippen LogP contribution >= 0.6 is 0 Å². The van der Waals surface area contributed by atoms with E-state index in [1.165, 1.54) is 0 Å². The molecule has 0 bridgehead atoms. The Balaban J connectivity index is 2.10. The molecule has 2 rings (SSSR count). The van der Waals surface area contributed by atoms with Gasteiger partial charge >= 0.3 is 0 Å². The molecule has 0 atom stereocenters. The van der Waals surface area contributed by atoms with Gasteiger partial charge in [-0.15, -0.1) is 0 Å². The number of aryl methyl sites for hydroxylation is 1. The third-order valence-corrected chi connectivity index (χ3v) is 3.23. The molecule has 112 valence electrons. The van der Waals surface area contributed by atoms with E-state index in [0.29, 0.717) is 23.6 Å². The summed E-state index contributed by atoms with van der Waals surface area (Å²) in [5, 5.41) is 6.78. The van der Waals surface area contributed by atoms with Crippen molar-refractivity contribution < 1.29 is 14.1 Å². The van der Waals surface area contributed by atoms with Crippen LogP contribution in [0, 0.1) is 6.92 Å². The summed E-state index contributed by atoms with van der Waals surface area (Å²) < 4.78 is 10.4. The van der Waals surface area contributed by atoms with Gasteiger partial charge in [-0.1, -0.05) is 31.1 Å². The van der Waals surface area contributed by atoms with Crippen LogP contribution in [-0.2, 0) is 6.54 Å². The summed E-state index contributed by atoms with van der Waals surface area (Å²) in [4.78, 5) is 12.3.